The third kappa shape index (κ3) is 2.43. The van der Waals surface area contributed by atoms with E-state index >= 15 is 0 Å². The van der Waals surface area contributed by atoms with Crippen molar-refractivity contribution >= 4 is 33.0 Å². The molecule has 1 amide bonds. The highest BCUT2D eigenvalue weighted by Gasteiger charge is 2.44. The number of carbonyl (C=O) groups excluding carboxylic acids is 1. The number of quaternary nitrogens is 1. The van der Waals surface area contributed by atoms with Gasteiger partial charge in [-0.15, -0.1) is 4.59 Å². The number of rotatable bonds is 1. The van der Waals surface area contributed by atoms with Crippen LogP contribution >= 0.6 is 15.9 Å². The highest BCUT2D eigenvalue weighted by Crippen LogP contribution is 2.36. The average Bonchev–Trinajstić information content (AvgIpc) is 2.64. The van der Waals surface area contributed by atoms with Crippen molar-refractivity contribution < 1.29 is 14.5 Å². The van der Waals surface area contributed by atoms with Crippen LogP contribution in [0, 0.1) is 5.92 Å². The number of aliphatic imine (C=N–C) groups is 2. The maximum Gasteiger partial charge on any atom is 0.301 e. The van der Waals surface area contributed by atoms with Gasteiger partial charge in [0.05, 0.1) is 12.4 Å². The van der Waals surface area contributed by atoms with Gasteiger partial charge >= 0.3 is 4.74 Å². The standard InChI is InChI=1S/C13H16BrN5O2/c14-12-17-11(10-7-16-4-6-19(10,12)15)9-3-1-2-5-18(8-9)13(20)21/h4,6-7,9H,1-3,5,8,15H2. The minimum absolute atomic E-state index is 0.00875. The molecule has 0 bridgehead atoms. The van der Waals surface area contributed by atoms with Gasteiger partial charge < -0.3 is 14.8 Å². The second-order valence-corrected chi connectivity index (χ2v) is 6.12. The molecule has 3 aliphatic rings. The first-order chi connectivity index (χ1) is 10.0. The van der Waals surface area contributed by atoms with Crippen molar-refractivity contribution in [2.24, 2.45) is 21.7 Å². The molecule has 0 aromatic heterocycles. The Labute approximate surface area is 130 Å². The number of amides is 1. The van der Waals surface area contributed by atoms with Crippen LogP contribution in [0.4, 0.5) is 4.79 Å². The van der Waals surface area contributed by atoms with E-state index in [1.807, 2.05) is 0 Å². The highest BCUT2D eigenvalue weighted by molar-refractivity contribution is 9.18. The summed E-state index contributed by atoms with van der Waals surface area (Å²) in [5.74, 6) is 6.33. The average molecular weight is 354 g/mol. The van der Waals surface area contributed by atoms with Crippen molar-refractivity contribution in [3.8, 4) is 0 Å². The van der Waals surface area contributed by atoms with Gasteiger partial charge in [0.2, 0.25) is 5.70 Å². The first-order valence-electron chi connectivity index (χ1n) is 6.86. The Kier molecular flexibility index (Phi) is 3.68. The summed E-state index contributed by atoms with van der Waals surface area (Å²) in [6.45, 7) is 0.908. The maximum atomic E-state index is 11.2. The molecule has 2 unspecified atom stereocenters. The Hall–Kier alpha value is -1.51. The number of allylic oxidation sites excluding steroid dienone is 1. The number of hydrogen-bond acceptors (Lipinski definition) is 5. The lowest BCUT2D eigenvalue weighted by atomic mass is 9.98. The number of nitrogens with two attached hydrogens (primary N) is 1. The molecule has 2 atom stereocenters. The van der Waals surface area contributed by atoms with Gasteiger partial charge in [0.25, 0.3) is 0 Å². The summed E-state index contributed by atoms with van der Waals surface area (Å²) in [5, 5.41) is 11.2. The predicted molar refractivity (Wildman–Crippen MR) is 79.8 cm³/mol. The smallest absolute Gasteiger partial charge is 0.301 e. The van der Waals surface area contributed by atoms with E-state index in [2.05, 4.69) is 25.9 Å². The molecule has 112 valence electrons. The number of carboxylic acid groups (broad SMARTS) is 1. The Balaban J connectivity index is 1.95. The molecular weight excluding hydrogens is 338 g/mol. The number of nitrogens with zero attached hydrogens (tertiary/aromatic N) is 4. The molecule has 8 heteroatoms. The van der Waals surface area contributed by atoms with Gasteiger partial charge in [0.1, 0.15) is 18.0 Å². The van der Waals surface area contributed by atoms with E-state index in [1.54, 1.807) is 18.6 Å². The van der Waals surface area contributed by atoms with Crippen LogP contribution < -0.4 is 10.9 Å². The molecular formula is C13H16BrN5O2. The van der Waals surface area contributed by atoms with Crippen molar-refractivity contribution in [1.82, 2.24) is 4.90 Å². The fraction of sp³-hybridized carbons (Fsp3) is 0.462. The molecule has 0 saturated carbocycles. The minimum atomic E-state index is -1.13. The van der Waals surface area contributed by atoms with E-state index in [-0.39, 0.29) is 10.5 Å². The Bertz CT molecular complexity index is 597. The molecule has 3 aliphatic heterocycles. The van der Waals surface area contributed by atoms with Gasteiger partial charge in [-0.05, 0) is 12.8 Å². The van der Waals surface area contributed by atoms with Gasteiger partial charge in [-0.2, -0.15) is 10.8 Å². The third-order valence-corrected chi connectivity index (χ3v) is 4.84. The zero-order chi connectivity index (χ0) is 15.0. The van der Waals surface area contributed by atoms with Crippen LogP contribution in [0.25, 0.3) is 0 Å². The summed E-state index contributed by atoms with van der Waals surface area (Å²) in [4.78, 5) is 21.2. The number of hydrogen-bond donors (Lipinski definition) is 1. The van der Waals surface area contributed by atoms with Crippen LogP contribution in [0.3, 0.4) is 0 Å². The Morgan fingerprint density at radius 3 is 3.10 bits per heavy atom. The predicted octanol–water partition coefficient (Wildman–Crippen LogP) is 0.654. The summed E-state index contributed by atoms with van der Waals surface area (Å²) in [7, 11) is 0. The van der Waals surface area contributed by atoms with E-state index in [4.69, 9.17) is 5.84 Å². The topological polar surface area (TPSA) is 94.1 Å². The molecule has 0 aliphatic carbocycles. The molecule has 7 nitrogen and oxygen atoms in total. The zero-order valence-corrected chi connectivity index (χ0v) is 13.0. The molecule has 21 heavy (non-hydrogen) atoms. The zero-order valence-electron chi connectivity index (χ0n) is 11.4. The first-order valence-corrected chi connectivity index (χ1v) is 7.65. The monoisotopic (exact) mass is 353 g/mol. The summed E-state index contributed by atoms with van der Waals surface area (Å²) >= 11 is 3.41. The fourth-order valence-electron chi connectivity index (χ4n) is 2.92. The lowest BCUT2D eigenvalue weighted by Crippen LogP contribution is -2.50. The normalized spacial score (nSPS) is 32.0. The number of amidine groups is 1. The molecule has 3 heterocycles. The molecule has 3 rings (SSSR count). The van der Waals surface area contributed by atoms with Crippen LogP contribution in [0.5, 0.6) is 0 Å². The van der Waals surface area contributed by atoms with Crippen molar-refractivity contribution in [2.75, 3.05) is 13.1 Å². The van der Waals surface area contributed by atoms with Gasteiger partial charge in [0.15, 0.2) is 0 Å². The van der Waals surface area contributed by atoms with Crippen LogP contribution in [-0.4, -0.2) is 39.6 Å². The molecule has 0 aromatic rings. The molecule has 0 spiro atoms. The molecule has 1 saturated heterocycles. The largest absolute Gasteiger partial charge is 0.530 e. The molecule has 1 fully saturated rings. The second kappa shape index (κ2) is 5.36. The summed E-state index contributed by atoms with van der Waals surface area (Å²) in [6.07, 6.45) is 6.61. The van der Waals surface area contributed by atoms with Crippen molar-refractivity contribution in [3.63, 3.8) is 0 Å². The lowest BCUT2D eigenvalue weighted by molar-refractivity contribution is -0.746. The van der Waals surface area contributed by atoms with E-state index in [0.29, 0.717) is 17.8 Å². The second-order valence-electron chi connectivity index (χ2n) is 5.41. The number of carbonyl (C=O) groups is 1. The quantitative estimate of drug-likeness (QED) is 0.426. The number of halogens is 1. The first kappa shape index (κ1) is 14.4. The van der Waals surface area contributed by atoms with E-state index in [0.717, 1.165) is 30.7 Å². The summed E-state index contributed by atoms with van der Waals surface area (Å²) < 4.78 is 0.542. The molecule has 0 aromatic carbocycles. The maximum absolute atomic E-state index is 11.2. The Morgan fingerprint density at radius 2 is 2.33 bits per heavy atom. The fourth-order valence-corrected chi connectivity index (χ4v) is 3.42. The van der Waals surface area contributed by atoms with Crippen LogP contribution in [0.2, 0.25) is 0 Å². The highest BCUT2D eigenvalue weighted by atomic mass is 79.9. The van der Waals surface area contributed by atoms with Crippen molar-refractivity contribution in [1.29, 1.82) is 0 Å². The van der Waals surface area contributed by atoms with Crippen LogP contribution in [-0.2, 0) is 0 Å². The van der Waals surface area contributed by atoms with Gasteiger partial charge in [0, 0.05) is 34.9 Å². The summed E-state index contributed by atoms with van der Waals surface area (Å²) in [6, 6.07) is 0. The summed E-state index contributed by atoms with van der Waals surface area (Å²) in [5.41, 5.74) is 1.60. The van der Waals surface area contributed by atoms with Crippen LogP contribution in [0.15, 0.2) is 33.8 Å². The van der Waals surface area contributed by atoms with Gasteiger partial charge in [-0.25, -0.2) is 0 Å². The van der Waals surface area contributed by atoms with Gasteiger partial charge in [-0.3, -0.25) is 4.99 Å². The third-order valence-electron chi connectivity index (χ3n) is 4.08. The number of fused-ring (bicyclic) bond motifs is 1. The van der Waals surface area contributed by atoms with E-state index in [9.17, 15) is 9.90 Å². The van der Waals surface area contributed by atoms with E-state index in [1.165, 1.54) is 4.90 Å². The lowest BCUT2D eigenvalue weighted by Gasteiger charge is -2.27. The Morgan fingerprint density at radius 1 is 1.52 bits per heavy atom. The van der Waals surface area contributed by atoms with Gasteiger partial charge in [-0.1, -0.05) is 6.42 Å². The van der Waals surface area contributed by atoms with Crippen molar-refractivity contribution in [2.45, 2.75) is 19.3 Å². The minimum Gasteiger partial charge on any atom is -0.530 e. The molecule has 0 radical (unpaired) electrons. The van der Waals surface area contributed by atoms with Crippen molar-refractivity contribution in [3.05, 3.63) is 23.8 Å². The van der Waals surface area contributed by atoms with E-state index < -0.39 is 6.09 Å². The SMILES string of the molecule is N[N+]12C=CN=CC1=C(C1CCCCN(C(=O)[O-])C1)N=C2Br. The van der Waals surface area contributed by atoms with Crippen LogP contribution in [0.1, 0.15) is 19.3 Å². The molecule has 2 N–H and O–H groups in total. The number of likely N-dealkylation sites (tertiary alicyclic amines) is 1.